The van der Waals surface area contributed by atoms with Crippen LogP contribution in [0.15, 0.2) is 45.3 Å². The van der Waals surface area contributed by atoms with E-state index in [0.717, 1.165) is 16.9 Å². The minimum atomic E-state index is -0.171. The first-order chi connectivity index (χ1) is 8.69. The summed E-state index contributed by atoms with van der Waals surface area (Å²) in [6.45, 7) is 0.563. The number of rotatable bonds is 4. The Morgan fingerprint density at radius 3 is 2.94 bits per heavy atom. The standard InChI is InChI=1S/C12H12ClN3OS/c13-9-2-1-8(3-5-14)10(7-9)18-12-15-6-4-11(17)16-12/h1-2,4,6-7H,3,5,14H2,(H,15,16,17). The average molecular weight is 282 g/mol. The molecule has 1 heterocycles. The summed E-state index contributed by atoms with van der Waals surface area (Å²) in [7, 11) is 0. The molecule has 0 saturated carbocycles. The van der Waals surface area contributed by atoms with Crippen LogP contribution in [0.2, 0.25) is 5.02 Å². The zero-order valence-electron chi connectivity index (χ0n) is 9.52. The number of aromatic amines is 1. The van der Waals surface area contributed by atoms with Gasteiger partial charge in [0.1, 0.15) is 0 Å². The van der Waals surface area contributed by atoms with E-state index >= 15 is 0 Å². The number of hydrogen-bond acceptors (Lipinski definition) is 4. The summed E-state index contributed by atoms with van der Waals surface area (Å²) in [5.41, 5.74) is 6.49. The number of nitrogens with zero attached hydrogens (tertiary/aromatic N) is 1. The number of nitrogens with one attached hydrogen (secondary N) is 1. The number of aromatic nitrogens is 2. The number of halogens is 1. The van der Waals surface area contributed by atoms with Gasteiger partial charge in [-0.3, -0.25) is 4.79 Å². The topological polar surface area (TPSA) is 71.8 Å². The lowest BCUT2D eigenvalue weighted by Gasteiger charge is -2.08. The predicted molar refractivity (Wildman–Crippen MR) is 73.2 cm³/mol. The number of hydrogen-bond donors (Lipinski definition) is 2. The SMILES string of the molecule is NCCc1ccc(Cl)cc1Sc1nccc(=O)[nH]1. The minimum absolute atomic E-state index is 0.171. The van der Waals surface area contributed by atoms with E-state index in [1.54, 1.807) is 0 Å². The molecule has 3 N–H and O–H groups in total. The van der Waals surface area contributed by atoms with E-state index < -0.39 is 0 Å². The molecule has 1 aromatic heterocycles. The highest BCUT2D eigenvalue weighted by atomic mass is 35.5. The fourth-order valence-corrected chi connectivity index (χ4v) is 2.69. The van der Waals surface area contributed by atoms with Gasteiger partial charge in [-0.1, -0.05) is 29.4 Å². The second-order valence-corrected chi connectivity index (χ2v) is 5.10. The molecule has 0 saturated heterocycles. The van der Waals surface area contributed by atoms with Gasteiger partial charge in [0.25, 0.3) is 5.56 Å². The van der Waals surface area contributed by atoms with E-state index in [2.05, 4.69) is 9.97 Å². The second kappa shape index (κ2) is 6.04. The molecular weight excluding hydrogens is 270 g/mol. The van der Waals surface area contributed by atoms with Gasteiger partial charge in [0, 0.05) is 22.2 Å². The van der Waals surface area contributed by atoms with E-state index in [1.165, 1.54) is 24.0 Å². The maximum Gasteiger partial charge on any atom is 0.251 e. The monoisotopic (exact) mass is 281 g/mol. The van der Waals surface area contributed by atoms with E-state index in [0.29, 0.717) is 16.7 Å². The van der Waals surface area contributed by atoms with Crippen molar-refractivity contribution in [2.45, 2.75) is 16.5 Å². The van der Waals surface area contributed by atoms with E-state index in [4.69, 9.17) is 17.3 Å². The van der Waals surface area contributed by atoms with Crippen LogP contribution in [0.5, 0.6) is 0 Å². The van der Waals surface area contributed by atoms with Crippen LogP contribution in [0.4, 0.5) is 0 Å². The van der Waals surface area contributed by atoms with Crippen molar-refractivity contribution in [2.24, 2.45) is 5.73 Å². The summed E-state index contributed by atoms with van der Waals surface area (Å²) >= 11 is 7.35. The Morgan fingerprint density at radius 2 is 2.22 bits per heavy atom. The minimum Gasteiger partial charge on any atom is -0.330 e. The van der Waals surface area contributed by atoms with Gasteiger partial charge in [-0.15, -0.1) is 0 Å². The first kappa shape index (κ1) is 13.1. The first-order valence-corrected chi connectivity index (χ1v) is 6.60. The molecule has 0 spiro atoms. The maximum absolute atomic E-state index is 11.2. The highest BCUT2D eigenvalue weighted by molar-refractivity contribution is 7.99. The van der Waals surface area contributed by atoms with E-state index in [-0.39, 0.29) is 5.56 Å². The van der Waals surface area contributed by atoms with Crippen molar-refractivity contribution >= 4 is 23.4 Å². The molecule has 0 atom stereocenters. The van der Waals surface area contributed by atoms with Gasteiger partial charge < -0.3 is 10.7 Å². The molecule has 0 aliphatic heterocycles. The highest BCUT2D eigenvalue weighted by Crippen LogP contribution is 2.30. The van der Waals surface area contributed by atoms with E-state index in [9.17, 15) is 4.79 Å². The van der Waals surface area contributed by atoms with Crippen LogP contribution in [0.25, 0.3) is 0 Å². The smallest absolute Gasteiger partial charge is 0.251 e. The Balaban J connectivity index is 2.32. The molecule has 18 heavy (non-hydrogen) atoms. The lowest BCUT2D eigenvalue weighted by molar-refractivity contribution is 0.923. The van der Waals surface area contributed by atoms with Crippen LogP contribution in [0, 0.1) is 0 Å². The molecule has 0 fully saturated rings. The summed E-state index contributed by atoms with van der Waals surface area (Å²) in [6, 6.07) is 7.00. The zero-order chi connectivity index (χ0) is 13.0. The molecule has 0 aliphatic rings. The van der Waals surface area contributed by atoms with Gasteiger partial charge >= 0.3 is 0 Å². The summed E-state index contributed by atoms with van der Waals surface area (Å²) in [5, 5.41) is 1.19. The Bertz CT molecular complexity index is 600. The lowest BCUT2D eigenvalue weighted by Crippen LogP contribution is -2.06. The third kappa shape index (κ3) is 3.35. The summed E-state index contributed by atoms with van der Waals surface area (Å²) in [6.07, 6.45) is 2.24. The fourth-order valence-electron chi connectivity index (χ4n) is 1.49. The summed E-state index contributed by atoms with van der Waals surface area (Å²) in [5.74, 6) is 0. The van der Waals surface area contributed by atoms with Crippen molar-refractivity contribution in [1.82, 2.24) is 9.97 Å². The Labute approximate surface area is 114 Å². The van der Waals surface area contributed by atoms with Crippen molar-refractivity contribution in [3.05, 3.63) is 51.4 Å². The molecule has 0 unspecified atom stereocenters. The van der Waals surface area contributed by atoms with Crippen molar-refractivity contribution < 1.29 is 0 Å². The predicted octanol–water partition coefficient (Wildman–Crippen LogP) is 2.08. The fraction of sp³-hybridized carbons (Fsp3) is 0.167. The molecule has 2 rings (SSSR count). The van der Waals surface area contributed by atoms with Crippen LogP contribution in [0.3, 0.4) is 0 Å². The van der Waals surface area contributed by atoms with Crippen LogP contribution < -0.4 is 11.3 Å². The molecule has 0 radical (unpaired) electrons. The molecule has 0 bridgehead atoms. The Hall–Kier alpha value is -1.30. The zero-order valence-corrected chi connectivity index (χ0v) is 11.1. The summed E-state index contributed by atoms with van der Waals surface area (Å²) in [4.78, 5) is 18.9. The second-order valence-electron chi connectivity index (χ2n) is 3.63. The van der Waals surface area contributed by atoms with Gasteiger partial charge in [0.05, 0.1) is 0 Å². The van der Waals surface area contributed by atoms with Crippen LogP contribution in [-0.2, 0) is 6.42 Å². The van der Waals surface area contributed by atoms with Gasteiger partial charge in [-0.2, -0.15) is 0 Å². The lowest BCUT2D eigenvalue weighted by atomic mass is 10.1. The normalized spacial score (nSPS) is 10.6. The third-order valence-corrected chi connectivity index (χ3v) is 3.53. The molecule has 0 aliphatic carbocycles. The third-order valence-electron chi connectivity index (χ3n) is 2.30. The van der Waals surface area contributed by atoms with Crippen LogP contribution >= 0.6 is 23.4 Å². The average Bonchev–Trinajstić information content (AvgIpc) is 2.33. The van der Waals surface area contributed by atoms with Gasteiger partial charge in [-0.25, -0.2) is 4.98 Å². The molecule has 2 aromatic rings. The van der Waals surface area contributed by atoms with Gasteiger partial charge in [0.15, 0.2) is 5.16 Å². The molecule has 0 amide bonds. The van der Waals surface area contributed by atoms with Crippen molar-refractivity contribution in [2.75, 3.05) is 6.54 Å². The summed E-state index contributed by atoms with van der Waals surface area (Å²) < 4.78 is 0. The Kier molecular flexibility index (Phi) is 4.41. The maximum atomic E-state index is 11.2. The van der Waals surface area contributed by atoms with Gasteiger partial charge in [-0.05, 0) is 30.7 Å². The molecule has 4 nitrogen and oxygen atoms in total. The number of benzene rings is 1. The number of H-pyrrole nitrogens is 1. The highest BCUT2D eigenvalue weighted by Gasteiger charge is 2.06. The van der Waals surface area contributed by atoms with Crippen LogP contribution in [-0.4, -0.2) is 16.5 Å². The molecular formula is C12H12ClN3OS. The molecule has 94 valence electrons. The quantitative estimate of drug-likeness (QED) is 0.842. The number of nitrogens with two attached hydrogens (primary N) is 1. The Morgan fingerprint density at radius 1 is 1.39 bits per heavy atom. The van der Waals surface area contributed by atoms with Crippen molar-refractivity contribution in [3.63, 3.8) is 0 Å². The molecule has 6 heteroatoms. The molecule has 1 aromatic carbocycles. The van der Waals surface area contributed by atoms with Crippen LogP contribution in [0.1, 0.15) is 5.56 Å². The van der Waals surface area contributed by atoms with Crippen molar-refractivity contribution in [3.8, 4) is 0 Å². The first-order valence-electron chi connectivity index (χ1n) is 5.41. The van der Waals surface area contributed by atoms with E-state index in [1.807, 2.05) is 18.2 Å². The largest absolute Gasteiger partial charge is 0.330 e. The van der Waals surface area contributed by atoms with Crippen molar-refractivity contribution in [1.29, 1.82) is 0 Å². The van der Waals surface area contributed by atoms with Gasteiger partial charge in [0.2, 0.25) is 0 Å².